The molecule has 0 unspecified atom stereocenters. The van der Waals surface area contributed by atoms with Crippen LogP contribution in [0.5, 0.6) is 5.75 Å². The van der Waals surface area contributed by atoms with E-state index >= 15 is 0 Å². The number of anilines is 1. The lowest BCUT2D eigenvalue weighted by molar-refractivity contribution is 0.193. The summed E-state index contributed by atoms with van der Waals surface area (Å²) in [7, 11) is -3.61. The minimum absolute atomic E-state index is 0.178. The first kappa shape index (κ1) is 21.4. The smallest absolute Gasteiger partial charge is 0.321 e. The number of hydrogen-bond donors (Lipinski definition) is 2. The summed E-state index contributed by atoms with van der Waals surface area (Å²) in [6.45, 7) is 3.44. The fraction of sp³-hybridized carbons (Fsp3) is 0.350. The molecule has 1 saturated heterocycles. The summed E-state index contributed by atoms with van der Waals surface area (Å²) in [6, 6.07) is 12.8. The molecule has 3 rings (SSSR count). The van der Waals surface area contributed by atoms with Crippen molar-refractivity contribution in [3.63, 3.8) is 0 Å². The van der Waals surface area contributed by atoms with Crippen molar-refractivity contribution in [1.82, 2.24) is 9.62 Å². The fourth-order valence-corrected chi connectivity index (χ4v) is 4.54. The Morgan fingerprint density at radius 1 is 1.10 bits per heavy atom. The third-order valence-electron chi connectivity index (χ3n) is 4.64. The molecular formula is C20H24ClN3O4S. The lowest BCUT2D eigenvalue weighted by Crippen LogP contribution is -2.47. The van der Waals surface area contributed by atoms with Gasteiger partial charge in [-0.3, -0.25) is 0 Å². The van der Waals surface area contributed by atoms with Crippen LogP contribution >= 0.6 is 11.6 Å². The maximum atomic E-state index is 12.5. The summed E-state index contributed by atoms with van der Waals surface area (Å²) >= 11 is 5.81. The van der Waals surface area contributed by atoms with Crippen molar-refractivity contribution >= 4 is 33.3 Å². The second-order valence-corrected chi connectivity index (χ2v) is 8.87. The van der Waals surface area contributed by atoms with Crippen molar-refractivity contribution in [2.45, 2.75) is 30.7 Å². The number of carbonyl (C=O) groups excluding carboxylic acids is 1. The van der Waals surface area contributed by atoms with Gasteiger partial charge in [0.25, 0.3) is 0 Å². The Hall–Kier alpha value is -2.29. The van der Waals surface area contributed by atoms with Crippen molar-refractivity contribution in [3.8, 4) is 5.75 Å². The Labute approximate surface area is 176 Å². The van der Waals surface area contributed by atoms with E-state index in [2.05, 4.69) is 10.0 Å². The van der Waals surface area contributed by atoms with E-state index in [1.807, 2.05) is 6.92 Å². The normalized spacial score (nSPS) is 15.2. The van der Waals surface area contributed by atoms with Gasteiger partial charge in [0.1, 0.15) is 5.75 Å². The number of piperidine rings is 1. The molecule has 0 spiro atoms. The first-order valence-electron chi connectivity index (χ1n) is 9.44. The number of urea groups is 1. The molecular weight excluding hydrogens is 414 g/mol. The van der Waals surface area contributed by atoms with Gasteiger partial charge in [0.15, 0.2) is 0 Å². The molecule has 156 valence electrons. The van der Waals surface area contributed by atoms with Crippen LogP contribution in [0.15, 0.2) is 53.4 Å². The van der Waals surface area contributed by atoms with E-state index in [0.29, 0.717) is 43.2 Å². The zero-order valence-electron chi connectivity index (χ0n) is 16.1. The van der Waals surface area contributed by atoms with Gasteiger partial charge in [0.05, 0.1) is 11.5 Å². The summed E-state index contributed by atoms with van der Waals surface area (Å²) in [6.07, 6.45) is 1.09. The quantitative estimate of drug-likeness (QED) is 0.721. The SMILES string of the molecule is CCOc1ccc(NC(=O)N2CCC(NS(=O)(=O)c3ccc(Cl)cc3)CC2)cc1. The number of rotatable bonds is 6. The number of hydrogen-bond acceptors (Lipinski definition) is 4. The molecule has 0 aromatic heterocycles. The fourth-order valence-electron chi connectivity index (χ4n) is 3.11. The van der Waals surface area contributed by atoms with E-state index in [0.717, 1.165) is 5.75 Å². The first-order chi connectivity index (χ1) is 13.9. The van der Waals surface area contributed by atoms with Crippen LogP contribution in [0.25, 0.3) is 0 Å². The van der Waals surface area contributed by atoms with Gasteiger partial charge >= 0.3 is 6.03 Å². The first-order valence-corrected chi connectivity index (χ1v) is 11.3. The number of nitrogens with zero attached hydrogens (tertiary/aromatic N) is 1. The molecule has 2 N–H and O–H groups in total. The number of benzene rings is 2. The van der Waals surface area contributed by atoms with Gasteiger partial charge in [-0.25, -0.2) is 17.9 Å². The second-order valence-electron chi connectivity index (χ2n) is 6.72. The van der Waals surface area contributed by atoms with Gasteiger partial charge in [-0.05, 0) is 68.3 Å². The third kappa shape index (κ3) is 5.85. The van der Waals surface area contributed by atoms with Crippen molar-refractivity contribution in [2.24, 2.45) is 0 Å². The Morgan fingerprint density at radius 2 is 1.72 bits per heavy atom. The molecule has 7 nitrogen and oxygen atoms in total. The maximum Gasteiger partial charge on any atom is 0.321 e. The number of likely N-dealkylation sites (tertiary alicyclic amines) is 1. The molecule has 1 heterocycles. The van der Waals surface area contributed by atoms with Crippen molar-refractivity contribution in [2.75, 3.05) is 25.0 Å². The van der Waals surface area contributed by atoms with E-state index in [-0.39, 0.29) is 17.0 Å². The van der Waals surface area contributed by atoms with E-state index < -0.39 is 10.0 Å². The lowest BCUT2D eigenvalue weighted by Gasteiger charge is -2.32. The van der Waals surface area contributed by atoms with Crippen molar-refractivity contribution < 1.29 is 17.9 Å². The van der Waals surface area contributed by atoms with E-state index in [9.17, 15) is 13.2 Å². The highest BCUT2D eigenvalue weighted by atomic mass is 35.5. The molecule has 2 aromatic carbocycles. The van der Waals surface area contributed by atoms with Crippen LogP contribution in [-0.2, 0) is 10.0 Å². The van der Waals surface area contributed by atoms with Gasteiger partial charge in [0.2, 0.25) is 10.0 Å². The Morgan fingerprint density at radius 3 is 2.31 bits per heavy atom. The maximum absolute atomic E-state index is 12.5. The molecule has 29 heavy (non-hydrogen) atoms. The number of nitrogens with one attached hydrogen (secondary N) is 2. The second kappa shape index (κ2) is 9.47. The lowest BCUT2D eigenvalue weighted by atomic mass is 10.1. The Balaban J connectivity index is 1.50. The predicted octanol–water partition coefficient (Wildman–Crippen LogP) is 3.71. The van der Waals surface area contributed by atoms with E-state index in [1.165, 1.54) is 12.1 Å². The topological polar surface area (TPSA) is 87.7 Å². The van der Waals surface area contributed by atoms with E-state index in [4.69, 9.17) is 16.3 Å². The molecule has 1 fully saturated rings. The summed E-state index contributed by atoms with van der Waals surface area (Å²) < 4.78 is 33.1. The summed E-state index contributed by atoms with van der Waals surface area (Å²) in [4.78, 5) is 14.3. The minimum atomic E-state index is -3.61. The predicted molar refractivity (Wildman–Crippen MR) is 113 cm³/mol. The highest BCUT2D eigenvalue weighted by molar-refractivity contribution is 7.89. The standard InChI is InChI=1S/C20H24ClN3O4S/c1-2-28-18-7-5-16(6-8-18)22-20(25)24-13-11-17(12-14-24)23-29(26,27)19-9-3-15(21)4-10-19/h3-10,17,23H,2,11-14H2,1H3,(H,22,25). The molecule has 1 aliphatic heterocycles. The molecule has 0 atom stereocenters. The van der Waals surface area contributed by atoms with E-state index in [1.54, 1.807) is 41.3 Å². The van der Waals surface area contributed by atoms with Gasteiger partial charge in [-0.15, -0.1) is 0 Å². The highest BCUT2D eigenvalue weighted by Crippen LogP contribution is 2.19. The third-order valence-corrected chi connectivity index (χ3v) is 6.43. The molecule has 2 amide bonds. The highest BCUT2D eigenvalue weighted by Gasteiger charge is 2.26. The zero-order chi connectivity index (χ0) is 20.9. The molecule has 0 saturated carbocycles. The van der Waals surface area contributed by atoms with Crippen LogP contribution in [0.1, 0.15) is 19.8 Å². The molecule has 2 aromatic rings. The Kier molecular flexibility index (Phi) is 7.00. The zero-order valence-corrected chi connectivity index (χ0v) is 17.7. The van der Waals surface area contributed by atoms with Gasteiger partial charge in [-0.2, -0.15) is 0 Å². The molecule has 9 heteroatoms. The summed E-state index contributed by atoms with van der Waals surface area (Å²) in [5, 5.41) is 3.34. The van der Waals surface area contributed by atoms with Crippen LogP contribution in [-0.4, -0.2) is 45.1 Å². The van der Waals surface area contributed by atoms with Gasteiger partial charge in [-0.1, -0.05) is 11.6 Å². The van der Waals surface area contributed by atoms with Crippen LogP contribution in [0.2, 0.25) is 5.02 Å². The molecule has 0 aliphatic carbocycles. The summed E-state index contributed by atoms with van der Waals surface area (Å²) in [5.74, 6) is 0.749. The van der Waals surface area contributed by atoms with Crippen LogP contribution in [0, 0.1) is 0 Å². The van der Waals surface area contributed by atoms with Gasteiger partial charge in [0, 0.05) is 29.8 Å². The Bertz CT molecular complexity index is 925. The van der Waals surface area contributed by atoms with Crippen molar-refractivity contribution in [1.29, 1.82) is 0 Å². The average molecular weight is 438 g/mol. The molecule has 1 aliphatic rings. The largest absolute Gasteiger partial charge is 0.494 e. The summed E-state index contributed by atoms with van der Waals surface area (Å²) in [5.41, 5.74) is 0.684. The molecule has 0 bridgehead atoms. The number of amides is 2. The van der Waals surface area contributed by atoms with Crippen molar-refractivity contribution in [3.05, 3.63) is 53.6 Å². The number of ether oxygens (including phenoxy) is 1. The van der Waals surface area contributed by atoms with Crippen LogP contribution in [0.4, 0.5) is 10.5 Å². The minimum Gasteiger partial charge on any atom is -0.494 e. The molecule has 0 radical (unpaired) electrons. The monoisotopic (exact) mass is 437 g/mol. The number of sulfonamides is 1. The number of halogens is 1. The van der Waals surface area contributed by atoms with Crippen LogP contribution in [0.3, 0.4) is 0 Å². The average Bonchev–Trinajstić information content (AvgIpc) is 2.70. The number of carbonyl (C=O) groups is 1. The van der Waals surface area contributed by atoms with Crippen LogP contribution < -0.4 is 14.8 Å². The van der Waals surface area contributed by atoms with Gasteiger partial charge < -0.3 is 15.0 Å².